The normalized spacial score (nSPS) is 10.7. The maximum Gasteiger partial charge on any atom is 0.341 e. The molecule has 4 heteroatoms. The summed E-state index contributed by atoms with van der Waals surface area (Å²) in [4.78, 5) is 16.9. The largest absolute Gasteiger partial charge is 0.462 e. The summed E-state index contributed by atoms with van der Waals surface area (Å²) < 4.78 is 5.21. The topological polar surface area (TPSA) is 51.2 Å². The van der Waals surface area contributed by atoms with Gasteiger partial charge >= 0.3 is 5.97 Å². The molecule has 0 aliphatic carbocycles. The first kappa shape index (κ1) is 17.0. The Hall–Kier alpha value is -2.88. The molecule has 4 nitrogen and oxygen atoms in total. The van der Waals surface area contributed by atoms with Crippen molar-refractivity contribution >= 4 is 28.2 Å². The Morgan fingerprint density at radius 1 is 1.12 bits per heavy atom. The minimum Gasteiger partial charge on any atom is -0.462 e. The third kappa shape index (κ3) is 3.48. The van der Waals surface area contributed by atoms with Crippen LogP contribution in [0.5, 0.6) is 0 Å². The van der Waals surface area contributed by atoms with Gasteiger partial charge in [0.05, 0.1) is 17.8 Å². The smallest absolute Gasteiger partial charge is 0.341 e. The zero-order valence-corrected chi connectivity index (χ0v) is 14.8. The number of hydrogen-bond acceptors (Lipinski definition) is 4. The van der Waals surface area contributed by atoms with Crippen LogP contribution >= 0.6 is 0 Å². The minimum absolute atomic E-state index is 0.329. The predicted octanol–water partition coefficient (Wildman–Crippen LogP) is 5.03. The first-order chi connectivity index (χ1) is 12.1. The second-order valence-electron chi connectivity index (χ2n) is 5.93. The number of rotatable bonds is 5. The van der Waals surface area contributed by atoms with E-state index in [1.165, 1.54) is 5.56 Å². The average molecular weight is 334 g/mol. The number of carbonyl (C=O) groups is 1. The molecular weight excluding hydrogens is 312 g/mol. The zero-order chi connectivity index (χ0) is 17.8. The van der Waals surface area contributed by atoms with Gasteiger partial charge in [0.2, 0.25) is 0 Å². The van der Waals surface area contributed by atoms with Crippen LogP contribution in [0.4, 0.5) is 11.4 Å². The predicted molar refractivity (Wildman–Crippen MR) is 102 cm³/mol. The molecule has 0 amide bonds. The fraction of sp³-hybridized carbons (Fsp3) is 0.238. The number of benzene rings is 2. The van der Waals surface area contributed by atoms with E-state index in [4.69, 9.17) is 4.74 Å². The van der Waals surface area contributed by atoms with E-state index in [0.717, 1.165) is 34.3 Å². The Labute approximate surface area is 147 Å². The van der Waals surface area contributed by atoms with Crippen molar-refractivity contribution in [1.82, 2.24) is 4.98 Å². The molecule has 0 radical (unpaired) electrons. The fourth-order valence-corrected chi connectivity index (χ4v) is 2.85. The molecule has 0 aliphatic rings. The van der Waals surface area contributed by atoms with E-state index < -0.39 is 0 Å². The Bertz CT molecular complexity index is 902. The van der Waals surface area contributed by atoms with E-state index in [0.29, 0.717) is 12.2 Å². The molecule has 3 rings (SSSR count). The number of aromatic nitrogens is 1. The van der Waals surface area contributed by atoms with Crippen molar-refractivity contribution in [3.05, 3.63) is 65.4 Å². The number of fused-ring (bicyclic) bond motifs is 1. The highest BCUT2D eigenvalue weighted by atomic mass is 16.5. The van der Waals surface area contributed by atoms with E-state index in [1.54, 1.807) is 13.1 Å². The molecule has 2 aromatic carbocycles. The Balaban J connectivity index is 2.17. The maximum atomic E-state index is 12.4. The fourth-order valence-electron chi connectivity index (χ4n) is 2.85. The van der Waals surface area contributed by atoms with Crippen molar-refractivity contribution in [3.63, 3.8) is 0 Å². The second kappa shape index (κ2) is 7.34. The van der Waals surface area contributed by atoms with Crippen LogP contribution < -0.4 is 5.32 Å². The minimum atomic E-state index is -0.367. The van der Waals surface area contributed by atoms with E-state index in [2.05, 4.69) is 23.3 Å². The van der Waals surface area contributed by atoms with Crippen LogP contribution in [0, 0.1) is 6.92 Å². The summed E-state index contributed by atoms with van der Waals surface area (Å²) >= 11 is 0. The van der Waals surface area contributed by atoms with Gasteiger partial charge in [-0.1, -0.05) is 42.8 Å². The van der Waals surface area contributed by atoms with Gasteiger partial charge in [-0.05, 0) is 38.0 Å². The van der Waals surface area contributed by atoms with Crippen LogP contribution in [0.1, 0.15) is 35.3 Å². The van der Waals surface area contributed by atoms with Gasteiger partial charge in [0.25, 0.3) is 0 Å². The van der Waals surface area contributed by atoms with E-state index in [-0.39, 0.29) is 5.97 Å². The van der Waals surface area contributed by atoms with Crippen molar-refractivity contribution in [2.75, 3.05) is 11.9 Å². The summed E-state index contributed by atoms with van der Waals surface area (Å²) in [5, 5.41) is 4.31. The Morgan fingerprint density at radius 3 is 2.56 bits per heavy atom. The first-order valence-electron chi connectivity index (χ1n) is 8.55. The van der Waals surface area contributed by atoms with Crippen molar-refractivity contribution in [1.29, 1.82) is 0 Å². The van der Waals surface area contributed by atoms with Gasteiger partial charge in [-0.15, -0.1) is 0 Å². The summed E-state index contributed by atoms with van der Waals surface area (Å²) in [6.07, 6.45) is 2.49. The van der Waals surface area contributed by atoms with Gasteiger partial charge in [0.1, 0.15) is 5.56 Å². The molecule has 25 heavy (non-hydrogen) atoms. The number of hydrogen-bond donors (Lipinski definition) is 1. The number of esters is 1. The lowest BCUT2D eigenvalue weighted by atomic mass is 10.0. The number of carbonyl (C=O) groups excluding carboxylic acids is 1. The maximum absolute atomic E-state index is 12.4. The summed E-state index contributed by atoms with van der Waals surface area (Å²) in [5.41, 5.74) is 5.35. The van der Waals surface area contributed by atoms with Gasteiger partial charge in [-0.3, -0.25) is 4.98 Å². The van der Waals surface area contributed by atoms with Crippen LogP contribution in [0.15, 0.2) is 48.7 Å². The molecule has 0 saturated carbocycles. The summed E-state index contributed by atoms with van der Waals surface area (Å²) in [5.74, 6) is -0.367. The molecule has 0 bridgehead atoms. The second-order valence-corrected chi connectivity index (χ2v) is 5.93. The van der Waals surface area contributed by atoms with Crippen molar-refractivity contribution in [2.45, 2.75) is 27.2 Å². The highest BCUT2D eigenvalue weighted by Gasteiger charge is 2.18. The first-order valence-corrected chi connectivity index (χ1v) is 8.55. The molecule has 0 fully saturated rings. The van der Waals surface area contributed by atoms with Gasteiger partial charge in [-0.2, -0.15) is 0 Å². The zero-order valence-electron chi connectivity index (χ0n) is 14.8. The molecule has 0 atom stereocenters. The van der Waals surface area contributed by atoms with E-state index in [1.807, 2.05) is 43.3 Å². The highest BCUT2D eigenvalue weighted by molar-refractivity contribution is 6.06. The third-order valence-corrected chi connectivity index (χ3v) is 4.18. The quantitative estimate of drug-likeness (QED) is 0.665. The van der Waals surface area contributed by atoms with Crippen LogP contribution in [0.25, 0.3) is 10.9 Å². The number of aryl methyl sites for hydroxylation is 2. The number of ether oxygens (including phenoxy) is 1. The van der Waals surface area contributed by atoms with E-state index in [9.17, 15) is 4.79 Å². The van der Waals surface area contributed by atoms with Gasteiger partial charge in [0.15, 0.2) is 0 Å². The lowest BCUT2D eigenvalue weighted by molar-refractivity contribution is 0.0527. The summed E-state index contributed by atoms with van der Waals surface area (Å²) in [6.45, 7) is 6.27. The van der Waals surface area contributed by atoms with Gasteiger partial charge in [-0.25, -0.2) is 4.79 Å². The van der Waals surface area contributed by atoms with Crippen molar-refractivity contribution in [3.8, 4) is 0 Å². The van der Waals surface area contributed by atoms with Crippen LogP contribution in [-0.4, -0.2) is 17.6 Å². The van der Waals surface area contributed by atoms with Crippen LogP contribution in [-0.2, 0) is 11.2 Å². The number of pyridine rings is 1. The van der Waals surface area contributed by atoms with E-state index >= 15 is 0 Å². The molecule has 0 aliphatic heterocycles. The lowest BCUT2D eigenvalue weighted by Gasteiger charge is -2.15. The SMILES string of the molecule is CCOC(=O)c1cnc2c(CC)cccc2c1Nc1ccc(C)cc1. The molecule has 1 N–H and O–H groups in total. The van der Waals surface area contributed by atoms with Crippen molar-refractivity contribution in [2.24, 2.45) is 0 Å². The molecule has 3 aromatic rings. The molecule has 128 valence electrons. The number of anilines is 2. The molecule has 1 heterocycles. The van der Waals surface area contributed by atoms with Crippen LogP contribution in [0.2, 0.25) is 0 Å². The number of nitrogens with one attached hydrogen (secondary N) is 1. The number of para-hydroxylation sites is 1. The summed E-state index contributed by atoms with van der Waals surface area (Å²) in [7, 11) is 0. The Morgan fingerprint density at radius 2 is 1.88 bits per heavy atom. The van der Waals surface area contributed by atoms with Gasteiger partial charge in [0, 0.05) is 17.3 Å². The van der Waals surface area contributed by atoms with Crippen LogP contribution in [0.3, 0.4) is 0 Å². The Kier molecular flexibility index (Phi) is 4.98. The summed E-state index contributed by atoms with van der Waals surface area (Å²) in [6, 6.07) is 14.1. The van der Waals surface area contributed by atoms with Crippen molar-refractivity contribution < 1.29 is 9.53 Å². The highest BCUT2D eigenvalue weighted by Crippen LogP contribution is 2.31. The monoisotopic (exact) mass is 334 g/mol. The molecule has 0 unspecified atom stereocenters. The average Bonchev–Trinajstić information content (AvgIpc) is 2.63. The molecular formula is C21H22N2O2. The molecule has 0 spiro atoms. The molecule has 0 saturated heterocycles. The molecule has 1 aromatic heterocycles. The third-order valence-electron chi connectivity index (χ3n) is 4.18. The standard InChI is InChI=1S/C21H22N2O2/c1-4-15-7-6-8-17-19(15)22-13-18(21(24)25-5-2)20(17)23-16-11-9-14(3)10-12-16/h6-13H,4-5H2,1-3H3,(H,22,23). The lowest BCUT2D eigenvalue weighted by Crippen LogP contribution is -2.09. The number of nitrogens with zero attached hydrogens (tertiary/aromatic N) is 1. The van der Waals surface area contributed by atoms with Gasteiger partial charge < -0.3 is 10.1 Å².